The molecule has 23 heavy (non-hydrogen) atoms. The Labute approximate surface area is 130 Å². The number of benzene rings is 2. The molecule has 0 spiro atoms. The maximum absolute atomic E-state index is 13.4. The second-order valence-electron chi connectivity index (χ2n) is 5.01. The fourth-order valence-corrected chi connectivity index (χ4v) is 2.26. The number of aryl methyl sites for hydroxylation is 1. The van der Waals surface area contributed by atoms with Gasteiger partial charge in [-0.2, -0.15) is 0 Å². The lowest BCUT2D eigenvalue weighted by molar-refractivity contribution is 0.510. The smallest absolute Gasteiger partial charge is 0.276 e. The minimum Gasteiger partial charge on any atom is -0.507 e. The number of fused-ring (bicyclic) bond motifs is 1. The zero-order chi connectivity index (χ0) is 16.6. The molecule has 0 radical (unpaired) electrons. The summed E-state index contributed by atoms with van der Waals surface area (Å²) in [6.45, 7) is 0. The summed E-state index contributed by atoms with van der Waals surface area (Å²) in [5.41, 5.74) is 0.225. The van der Waals surface area contributed by atoms with Crippen molar-refractivity contribution in [2.45, 2.75) is 0 Å². The van der Waals surface area contributed by atoms with Gasteiger partial charge in [0.2, 0.25) is 0 Å². The molecule has 0 fully saturated rings. The predicted octanol–water partition coefficient (Wildman–Crippen LogP) is 3.27. The van der Waals surface area contributed by atoms with Gasteiger partial charge in [-0.15, -0.1) is 0 Å². The Morgan fingerprint density at radius 2 is 1.83 bits per heavy atom. The van der Waals surface area contributed by atoms with Gasteiger partial charge < -0.3 is 9.67 Å². The third-order valence-electron chi connectivity index (χ3n) is 3.49. The number of nitrogens with zero attached hydrogens (tertiary/aromatic N) is 2. The summed E-state index contributed by atoms with van der Waals surface area (Å²) < 4.78 is 27.9. The van der Waals surface area contributed by atoms with Crippen LogP contribution in [0.4, 0.5) is 8.78 Å². The highest BCUT2D eigenvalue weighted by atomic mass is 19.2. The molecule has 1 aromatic heterocycles. The van der Waals surface area contributed by atoms with E-state index in [1.807, 2.05) is 0 Å². The Morgan fingerprint density at radius 3 is 2.52 bits per heavy atom. The third kappa shape index (κ3) is 2.70. The van der Waals surface area contributed by atoms with Gasteiger partial charge in [0.25, 0.3) is 5.56 Å². The molecule has 1 N–H and O–H groups in total. The SMILES string of the molecule is Cn1c(=O)c(/C=C(\O)c2ccccc2)nc2cc(F)c(F)cc21. The Kier molecular flexibility index (Phi) is 3.65. The summed E-state index contributed by atoms with van der Waals surface area (Å²) in [5, 5.41) is 10.1. The zero-order valence-corrected chi connectivity index (χ0v) is 12.1. The number of halogens is 2. The van der Waals surface area contributed by atoms with E-state index in [9.17, 15) is 18.7 Å². The van der Waals surface area contributed by atoms with E-state index in [1.54, 1.807) is 30.3 Å². The van der Waals surface area contributed by atoms with Gasteiger partial charge >= 0.3 is 0 Å². The molecular weight excluding hydrogens is 302 g/mol. The van der Waals surface area contributed by atoms with E-state index in [2.05, 4.69) is 4.98 Å². The van der Waals surface area contributed by atoms with E-state index in [0.29, 0.717) is 5.56 Å². The fourth-order valence-electron chi connectivity index (χ4n) is 2.26. The molecule has 1 heterocycles. The lowest BCUT2D eigenvalue weighted by Crippen LogP contribution is -2.21. The molecule has 6 heteroatoms. The molecule has 3 aromatic rings. The molecule has 0 bridgehead atoms. The van der Waals surface area contributed by atoms with E-state index in [1.165, 1.54) is 13.1 Å². The Balaban J connectivity index is 2.21. The van der Waals surface area contributed by atoms with Crippen LogP contribution < -0.4 is 5.56 Å². The Hall–Kier alpha value is -3.02. The predicted molar refractivity (Wildman–Crippen MR) is 83.8 cm³/mol. The van der Waals surface area contributed by atoms with Crippen molar-refractivity contribution in [3.63, 3.8) is 0 Å². The number of hydrogen-bond donors (Lipinski definition) is 1. The maximum Gasteiger partial charge on any atom is 0.276 e. The van der Waals surface area contributed by atoms with Crippen LogP contribution in [-0.2, 0) is 7.05 Å². The fraction of sp³-hybridized carbons (Fsp3) is 0.0588. The molecule has 0 saturated carbocycles. The van der Waals surface area contributed by atoms with Gasteiger partial charge in [-0.3, -0.25) is 4.79 Å². The highest BCUT2D eigenvalue weighted by molar-refractivity contribution is 5.79. The van der Waals surface area contributed by atoms with Crippen LogP contribution >= 0.6 is 0 Å². The van der Waals surface area contributed by atoms with Crippen LogP contribution in [0.1, 0.15) is 11.3 Å². The van der Waals surface area contributed by atoms with E-state index >= 15 is 0 Å². The largest absolute Gasteiger partial charge is 0.507 e. The summed E-state index contributed by atoms with van der Waals surface area (Å²) in [6, 6.07) is 10.5. The minimum atomic E-state index is -1.05. The van der Waals surface area contributed by atoms with Crippen LogP contribution in [0.5, 0.6) is 0 Å². The quantitative estimate of drug-likeness (QED) is 0.739. The average molecular weight is 314 g/mol. The van der Waals surface area contributed by atoms with Crippen molar-refractivity contribution in [3.05, 3.63) is 75.7 Å². The number of aliphatic hydroxyl groups is 1. The van der Waals surface area contributed by atoms with Crippen LogP contribution in [0.3, 0.4) is 0 Å². The summed E-state index contributed by atoms with van der Waals surface area (Å²) in [7, 11) is 1.43. The highest BCUT2D eigenvalue weighted by Gasteiger charge is 2.12. The lowest BCUT2D eigenvalue weighted by Gasteiger charge is -2.07. The highest BCUT2D eigenvalue weighted by Crippen LogP contribution is 2.17. The molecule has 0 aliphatic rings. The van der Waals surface area contributed by atoms with Gasteiger partial charge in [0.15, 0.2) is 11.6 Å². The van der Waals surface area contributed by atoms with Crippen molar-refractivity contribution in [1.82, 2.24) is 9.55 Å². The van der Waals surface area contributed by atoms with Crippen LogP contribution in [0, 0.1) is 11.6 Å². The molecule has 0 saturated heterocycles. The lowest BCUT2D eigenvalue weighted by atomic mass is 10.1. The number of rotatable bonds is 2. The number of aromatic nitrogens is 2. The van der Waals surface area contributed by atoms with Crippen LogP contribution in [0.2, 0.25) is 0 Å². The molecule has 0 amide bonds. The van der Waals surface area contributed by atoms with Gasteiger partial charge in [0.05, 0.1) is 11.0 Å². The van der Waals surface area contributed by atoms with Gasteiger partial charge in [-0.25, -0.2) is 13.8 Å². The number of aliphatic hydroxyl groups excluding tert-OH is 1. The molecule has 3 rings (SSSR count). The van der Waals surface area contributed by atoms with Crippen molar-refractivity contribution < 1.29 is 13.9 Å². The molecule has 0 atom stereocenters. The van der Waals surface area contributed by atoms with E-state index in [-0.39, 0.29) is 22.5 Å². The standard InChI is InChI=1S/C17H12F2N2O2/c1-21-15-8-12(19)11(18)7-13(15)20-14(17(21)23)9-16(22)10-5-3-2-4-6-10/h2-9,22H,1H3/b16-9-. The topological polar surface area (TPSA) is 55.1 Å². The van der Waals surface area contributed by atoms with Crippen LogP contribution in [0.15, 0.2) is 47.3 Å². The van der Waals surface area contributed by atoms with Crippen molar-refractivity contribution in [3.8, 4) is 0 Å². The first-order valence-corrected chi connectivity index (χ1v) is 6.79. The van der Waals surface area contributed by atoms with Gasteiger partial charge in [-0.1, -0.05) is 30.3 Å². The monoisotopic (exact) mass is 314 g/mol. The molecule has 116 valence electrons. The number of hydrogen-bond acceptors (Lipinski definition) is 3. The van der Waals surface area contributed by atoms with Crippen LogP contribution in [-0.4, -0.2) is 14.7 Å². The summed E-state index contributed by atoms with van der Waals surface area (Å²) in [5.74, 6) is -2.24. The average Bonchev–Trinajstić information content (AvgIpc) is 2.55. The molecule has 0 unspecified atom stereocenters. The maximum atomic E-state index is 13.4. The van der Waals surface area contributed by atoms with Crippen molar-refractivity contribution >= 4 is 22.9 Å². The van der Waals surface area contributed by atoms with Gasteiger partial charge in [0.1, 0.15) is 11.5 Å². The molecule has 0 aliphatic heterocycles. The summed E-state index contributed by atoms with van der Waals surface area (Å²) in [6.07, 6.45) is 1.21. The normalized spacial score (nSPS) is 11.9. The Morgan fingerprint density at radius 1 is 1.17 bits per heavy atom. The van der Waals surface area contributed by atoms with Crippen molar-refractivity contribution in [1.29, 1.82) is 0 Å². The summed E-state index contributed by atoms with van der Waals surface area (Å²) >= 11 is 0. The van der Waals surface area contributed by atoms with E-state index in [0.717, 1.165) is 16.7 Å². The van der Waals surface area contributed by atoms with E-state index < -0.39 is 17.2 Å². The second-order valence-corrected chi connectivity index (χ2v) is 5.01. The molecule has 2 aromatic carbocycles. The van der Waals surface area contributed by atoms with Crippen molar-refractivity contribution in [2.24, 2.45) is 7.05 Å². The van der Waals surface area contributed by atoms with Crippen LogP contribution in [0.25, 0.3) is 22.9 Å². The molecule has 4 nitrogen and oxygen atoms in total. The first kappa shape index (κ1) is 14.9. The zero-order valence-electron chi connectivity index (χ0n) is 12.1. The molecular formula is C17H12F2N2O2. The minimum absolute atomic E-state index is 0.0626. The first-order chi connectivity index (χ1) is 11.0. The van der Waals surface area contributed by atoms with Gasteiger partial charge in [-0.05, 0) is 0 Å². The van der Waals surface area contributed by atoms with Gasteiger partial charge in [0, 0.05) is 30.8 Å². The first-order valence-electron chi connectivity index (χ1n) is 6.79. The summed E-state index contributed by atoms with van der Waals surface area (Å²) in [4.78, 5) is 16.3. The molecule has 0 aliphatic carbocycles. The third-order valence-corrected chi connectivity index (χ3v) is 3.49. The van der Waals surface area contributed by atoms with E-state index in [4.69, 9.17) is 0 Å². The Bertz CT molecular complexity index is 979. The second kappa shape index (κ2) is 5.64. The van der Waals surface area contributed by atoms with Crippen molar-refractivity contribution in [2.75, 3.05) is 0 Å².